The average molecular weight is 342 g/mol. The number of nitro benzene ring substituents is 1. The molecule has 1 heterocycles. The van der Waals surface area contributed by atoms with Gasteiger partial charge in [-0.2, -0.15) is 0 Å². The van der Waals surface area contributed by atoms with Crippen LogP contribution in [0.25, 0.3) is 10.6 Å². The highest BCUT2D eigenvalue weighted by molar-refractivity contribution is 7.13. The number of ether oxygens (including phenoxy) is 2. The van der Waals surface area contributed by atoms with Gasteiger partial charge in [-0.25, -0.2) is 4.98 Å². The lowest BCUT2D eigenvalue weighted by atomic mass is 10.2. The molecule has 0 amide bonds. The molecular weight excluding hydrogens is 328 g/mol. The van der Waals surface area contributed by atoms with E-state index in [4.69, 9.17) is 9.47 Å². The number of hydrogen-bond donors (Lipinski definition) is 0. The van der Waals surface area contributed by atoms with Crippen LogP contribution in [0.15, 0.2) is 53.9 Å². The SMILES string of the molecule is COc1ccc(-c2nc(COc3ccccc3[N+](=O)[O-])cs2)cc1. The monoisotopic (exact) mass is 342 g/mol. The number of benzene rings is 2. The molecule has 0 atom stereocenters. The van der Waals surface area contributed by atoms with Gasteiger partial charge in [-0.05, 0) is 30.3 Å². The average Bonchev–Trinajstić information content (AvgIpc) is 3.09. The van der Waals surface area contributed by atoms with Crippen LogP contribution in [0.2, 0.25) is 0 Å². The molecule has 0 spiro atoms. The summed E-state index contributed by atoms with van der Waals surface area (Å²) in [7, 11) is 1.62. The molecule has 0 aliphatic heterocycles. The Morgan fingerprint density at radius 3 is 2.62 bits per heavy atom. The molecule has 3 rings (SSSR count). The van der Waals surface area contributed by atoms with Gasteiger partial charge in [0.05, 0.1) is 17.7 Å². The third-order valence-corrected chi connectivity index (χ3v) is 4.27. The van der Waals surface area contributed by atoms with E-state index in [1.165, 1.54) is 17.4 Å². The molecule has 0 saturated heterocycles. The van der Waals surface area contributed by atoms with Crippen LogP contribution in [-0.4, -0.2) is 17.0 Å². The van der Waals surface area contributed by atoms with Gasteiger partial charge in [0.15, 0.2) is 5.75 Å². The first-order valence-electron chi connectivity index (χ1n) is 7.12. The topological polar surface area (TPSA) is 74.5 Å². The highest BCUT2D eigenvalue weighted by Crippen LogP contribution is 2.28. The molecule has 2 aromatic carbocycles. The zero-order valence-electron chi connectivity index (χ0n) is 12.8. The minimum atomic E-state index is -0.459. The van der Waals surface area contributed by atoms with Crippen molar-refractivity contribution in [2.24, 2.45) is 0 Å². The maximum absolute atomic E-state index is 11.0. The van der Waals surface area contributed by atoms with Gasteiger partial charge in [-0.1, -0.05) is 12.1 Å². The summed E-state index contributed by atoms with van der Waals surface area (Å²) in [6.45, 7) is 0.178. The van der Waals surface area contributed by atoms with Crippen LogP contribution in [0, 0.1) is 10.1 Å². The van der Waals surface area contributed by atoms with Crippen molar-refractivity contribution in [3.63, 3.8) is 0 Å². The summed E-state index contributed by atoms with van der Waals surface area (Å²) in [5, 5.41) is 13.7. The molecule has 3 aromatic rings. The molecule has 0 unspecified atom stereocenters. The van der Waals surface area contributed by atoms with Gasteiger partial charge in [-0.3, -0.25) is 10.1 Å². The van der Waals surface area contributed by atoms with Crippen molar-refractivity contribution < 1.29 is 14.4 Å². The standard InChI is InChI=1S/C17H14N2O4S/c1-22-14-8-6-12(7-9-14)17-18-13(11-24-17)10-23-16-5-3-2-4-15(16)19(20)21/h2-9,11H,10H2,1H3. The van der Waals surface area contributed by atoms with Crippen LogP contribution >= 0.6 is 11.3 Å². The van der Waals surface area contributed by atoms with E-state index >= 15 is 0 Å². The molecule has 7 heteroatoms. The van der Waals surface area contributed by atoms with Crippen molar-refractivity contribution in [2.45, 2.75) is 6.61 Å². The minimum absolute atomic E-state index is 0.0527. The Kier molecular flexibility index (Phi) is 4.72. The second-order valence-corrected chi connectivity index (χ2v) is 5.74. The van der Waals surface area contributed by atoms with E-state index < -0.39 is 4.92 Å². The largest absolute Gasteiger partial charge is 0.497 e. The van der Waals surface area contributed by atoms with Crippen molar-refractivity contribution >= 4 is 17.0 Å². The van der Waals surface area contributed by atoms with Gasteiger partial charge < -0.3 is 9.47 Å². The van der Waals surface area contributed by atoms with Gasteiger partial charge in [0, 0.05) is 17.0 Å². The molecule has 0 radical (unpaired) electrons. The molecule has 0 aliphatic rings. The third-order valence-electron chi connectivity index (χ3n) is 3.33. The maximum Gasteiger partial charge on any atom is 0.310 e. The molecule has 0 saturated carbocycles. The molecule has 0 bridgehead atoms. The quantitative estimate of drug-likeness (QED) is 0.493. The summed E-state index contributed by atoms with van der Waals surface area (Å²) in [5.41, 5.74) is 1.66. The highest BCUT2D eigenvalue weighted by atomic mass is 32.1. The predicted molar refractivity (Wildman–Crippen MR) is 91.5 cm³/mol. The summed E-state index contributed by atoms with van der Waals surface area (Å²) < 4.78 is 10.7. The lowest BCUT2D eigenvalue weighted by molar-refractivity contribution is -0.385. The molecule has 24 heavy (non-hydrogen) atoms. The Morgan fingerprint density at radius 2 is 1.92 bits per heavy atom. The Hall–Kier alpha value is -2.93. The van der Waals surface area contributed by atoms with Gasteiger partial charge in [0.1, 0.15) is 17.4 Å². The van der Waals surface area contributed by atoms with Gasteiger partial charge in [0.25, 0.3) is 0 Å². The number of hydrogen-bond acceptors (Lipinski definition) is 6. The second-order valence-electron chi connectivity index (χ2n) is 4.89. The number of thiazole rings is 1. The van der Waals surface area contributed by atoms with E-state index in [9.17, 15) is 10.1 Å². The molecule has 0 N–H and O–H groups in total. The van der Waals surface area contributed by atoms with Crippen LogP contribution in [0.5, 0.6) is 11.5 Å². The van der Waals surface area contributed by atoms with E-state index in [-0.39, 0.29) is 18.0 Å². The fraction of sp³-hybridized carbons (Fsp3) is 0.118. The van der Waals surface area contributed by atoms with Crippen molar-refractivity contribution in [3.8, 4) is 22.1 Å². The highest BCUT2D eigenvalue weighted by Gasteiger charge is 2.14. The van der Waals surface area contributed by atoms with Gasteiger partial charge in [-0.15, -0.1) is 11.3 Å². The molecule has 0 aliphatic carbocycles. The maximum atomic E-state index is 11.0. The summed E-state index contributed by atoms with van der Waals surface area (Å²) >= 11 is 1.50. The number of nitro groups is 1. The smallest absolute Gasteiger partial charge is 0.310 e. The summed E-state index contributed by atoms with van der Waals surface area (Å²) in [6, 6.07) is 13.9. The Bertz CT molecular complexity index is 846. The summed E-state index contributed by atoms with van der Waals surface area (Å²) in [6.07, 6.45) is 0. The molecule has 6 nitrogen and oxygen atoms in total. The molecular formula is C17H14N2O4S. The number of nitrogens with zero attached hydrogens (tertiary/aromatic N) is 2. The molecule has 122 valence electrons. The van der Waals surface area contributed by atoms with Crippen LogP contribution in [-0.2, 0) is 6.61 Å². The zero-order valence-corrected chi connectivity index (χ0v) is 13.7. The normalized spacial score (nSPS) is 10.4. The summed E-state index contributed by atoms with van der Waals surface area (Å²) in [5.74, 6) is 1.02. The lowest BCUT2D eigenvalue weighted by Crippen LogP contribution is -1.99. The lowest BCUT2D eigenvalue weighted by Gasteiger charge is -2.04. The first-order chi connectivity index (χ1) is 11.7. The van der Waals surface area contributed by atoms with Crippen molar-refractivity contribution in [2.75, 3.05) is 7.11 Å². The van der Waals surface area contributed by atoms with E-state index in [2.05, 4.69) is 4.98 Å². The number of aromatic nitrogens is 1. The van der Waals surface area contributed by atoms with E-state index in [1.54, 1.807) is 25.3 Å². The minimum Gasteiger partial charge on any atom is -0.497 e. The van der Waals surface area contributed by atoms with Crippen molar-refractivity contribution in [3.05, 3.63) is 69.7 Å². The zero-order chi connectivity index (χ0) is 16.9. The van der Waals surface area contributed by atoms with Crippen LogP contribution in [0.4, 0.5) is 5.69 Å². The number of methoxy groups -OCH3 is 1. The second kappa shape index (κ2) is 7.10. The van der Waals surface area contributed by atoms with E-state index in [0.29, 0.717) is 0 Å². The van der Waals surface area contributed by atoms with E-state index in [0.717, 1.165) is 22.0 Å². The first kappa shape index (κ1) is 15.9. The first-order valence-corrected chi connectivity index (χ1v) is 8.00. The van der Waals surface area contributed by atoms with Gasteiger partial charge in [0.2, 0.25) is 0 Å². The number of rotatable bonds is 6. The summed E-state index contributed by atoms with van der Waals surface area (Å²) in [4.78, 5) is 15.0. The Labute approximate surface area is 142 Å². The van der Waals surface area contributed by atoms with Crippen LogP contribution < -0.4 is 9.47 Å². The van der Waals surface area contributed by atoms with Crippen LogP contribution in [0.1, 0.15) is 5.69 Å². The Morgan fingerprint density at radius 1 is 1.17 bits per heavy atom. The molecule has 0 fully saturated rings. The fourth-order valence-corrected chi connectivity index (χ4v) is 2.93. The Balaban J connectivity index is 1.71. The fourth-order valence-electron chi connectivity index (χ4n) is 2.12. The van der Waals surface area contributed by atoms with Gasteiger partial charge >= 0.3 is 5.69 Å². The van der Waals surface area contributed by atoms with E-state index in [1.807, 2.05) is 29.6 Å². The van der Waals surface area contributed by atoms with Crippen LogP contribution in [0.3, 0.4) is 0 Å². The third kappa shape index (κ3) is 3.52. The molecule has 1 aromatic heterocycles. The predicted octanol–water partition coefficient (Wildman–Crippen LogP) is 4.31. The number of para-hydroxylation sites is 2. The van der Waals surface area contributed by atoms with Crippen molar-refractivity contribution in [1.29, 1.82) is 0 Å². The van der Waals surface area contributed by atoms with Crippen molar-refractivity contribution in [1.82, 2.24) is 4.98 Å².